The van der Waals surface area contributed by atoms with Gasteiger partial charge in [-0.2, -0.15) is 0 Å². The molecule has 0 bridgehead atoms. The molecule has 0 aliphatic rings. The third kappa shape index (κ3) is 3.60. The van der Waals surface area contributed by atoms with Gasteiger partial charge in [-0.3, -0.25) is 0 Å². The number of hydrogen-bond acceptors (Lipinski definition) is 3. The summed E-state index contributed by atoms with van der Waals surface area (Å²) in [7, 11) is 0. The molecule has 112 valence electrons. The summed E-state index contributed by atoms with van der Waals surface area (Å²) < 4.78 is 0. The lowest BCUT2D eigenvalue weighted by Crippen LogP contribution is -2.09. The Morgan fingerprint density at radius 2 is 1.62 bits per heavy atom. The Balaban J connectivity index is 2.51. The average Bonchev–Trinajstić information content (AvgIpc) is 2.43. The molecule has 0 spiro atoms. The number of nitrogens with zero attached hydrogens (tertiary/aromatic N) is 2. The number of aromatic nitrogens is 2. The van der Waals surface area contributed by atoms with E-state index in [0.29, 0.717) is 0 Å². The maximum absolute atomic E-state index is 4.77. The molecule has 0 fully saturated rings. The summed E-state index contributed by atoms with van der Waals surface area (Å²) in [6.07, 6.45) is 2.04. The van der Waals surface area contributed by atoms with Gasteiger partial charge in [0.1, 0.15) is 5.82 Å². The van der Waals surface area contributed by atoms with Gasteiger partial charge in [-0.1, -0.05) is 31.0 Å². The second-order valence-corrected chi connectivity index (χ2v) is 5.62. The number of anilines is 1. The average molecular weight is 283 g/mol. The first kappa shape index (κ1) is 15.5. The summed E-state index contributed by atoms with van der Waals surface area (Å²) in [5.74, 6) is 1.80. The number of aryl methyl sites for hydroxylation is 3. The Hall–Kier alpha value is -1.90. The van der Waals surface area contributed by atoms with E-state index in [1.165, 1.54) is 16.7 Å². The number of hydrogen-bond donors (Lipinski definition) is 1. The van der Waals surface area contributed by atoms with E-state index in [2.05, 4.69) is 58.1 Å². The van der Waals surface area contributed by atoms with Gasteiger partial charge in [0.15, 0.2) is 5.82 Å². The molecule has 1 heterocycles. The second-order valence-electron chi connectivity index (χ2n) is 5.62. The molecular formula is C18H25N3. The fraction of sp³-hybridized carbons (Fsp3) is 0.444. The van der Waals surface area contributed by atoms with Crippen LogP contribution in [0.3, 0.4) is 0 Å². The van der Waals surface area contributed by atoms with Crippen LogP contribution in [0.2, 0.25) is 0 Å². The third-order valence-corrected chi connectivity index (χ3v) is 3.59. The van der Waals surface area contributed by atoms with E-state index in [9.17, 15) is 0 Å². The van der Waals surface area contributed by atoms with E-state index >= 15 is 0 Å². The molecule has 2 rings (SSSR count). The van der Waals surface area contributed by atoms with Crippen molar-refractivity contribution in [3.63, 3.8) is 0 Å². The van der Waals surface area contributed by atoms with Crippen molar-refractivity contribution in [3.8, 4) is 11.4 Å². The van der Waals surface area contributed by atoms with E-state index in [1.807, 2.05) is 0 Å². The molecule has 1 aromatic heterocycles. The smallest absolute Gasteiger partial charge is 0.161 e. The fourth-order valence-electron chi connectivity index (χ4n) is 2.64. The molecule has 3 nitrogen and oxygen atoms in total. The first-order valence-electron chi connectivity index (χ1n) is 7.75. The van der Waals surface area contributed by atoms with Crippen LogP contribution in [0, 0.1) is 20.8 Å². The van der Waals surface area contributed by atoms with Crippen LogP contribution in [-0.4, -0.2) is 16.5 Å². The van der Waals surface area contributed by atoms with Gasteiger partial charge in [0.2, 0.25) is 0 Å². The highest BCUT2D eigenvalue weighted by molar-refractivity contribution is 5.61. The van der Waals surface area contributed by atoms with Crippen molar-refractivity contribution in [1.82, 2.24) is 9.97 Å². The minimum absolute atomic E-state index is 0.815. The highest BCUT2D eigenvalue weighted by atomic mass is 15.0. The van der Waals surface area contributed by atoms with Gasteiger partial charge in [-0.25, -0.2) is 9.97 Å². The topological polar surface area (TPSA) is 37.8 Å². The van der Waals surface area contributed by atoms with Crippen molar-refractivity contribution in [1.29, 1.82) is 0 Å². The Bertz CT molecular complexity index is 612. The summed E-state index contributed by atoms with van der Waals surface area (Å²) in [4.78, 5) is 9.49. The van der Waals surface area contributed by atoms with Crippen LogP contribution in [0.1, 0.15) is 42.7 Å². The quantitative estimate of drug-likeness (QED) is 0.880. The van der Waals surface area contributed by atoms with Crippen LogP contribution >= 0.6 is 0 Å². The minimum atomic E-state index is 0.815. The third-order valence-electron chi connectivity index (χ3n) is 3.59. The largest absolute Gasteiger partial charge is 0.370 e. The van der Waals surface area contributed by atoms with Gasteiger partial charge in [-0.05, 0) is 45.7 Å². The Kier molecular flexibility index (Phi) is 4.94. The molecule has 0 aliphatic heterocycles. The predicted molar refractivity (Wildman–Crippen MR) is 89.8 cm³/mol. The monoisotopic (exact) mass is 283 g/mol. The molecule has 3 heteroatoms. The normalized spacial score (nSPS) is 10.7. The molecule has 0 saturated carbocycles. The predicted octanol–water partition coefficient (Wildman–Crippen LogP) is 4.45. The lowest BCUT2D eigenvalue weighted by Gasteiger charge is -2.14. The second kappa shape index (κ2) is 6.70. The van der Waals surface area contributed by atoms with Crippen molar-refractivity contribution < 1.29 is 0 Å². The fourth-order valence-corrected chi connectivity index (χ4v) is 2.64. The Morgan fingerprint density at radius 1 is 0.952 bits per heavy atom. The van der Waals surface area contributed by atoms with Crippen LogP contribution in [0.4, 0.5) is 5.82 Å². The highest BCUT2D eigenvalue weighted by Gasteiger charge is 2.11. The number of rotatable bonds is 5. The molecule has 21 heavy (non-hydrogen) atoms. The maximum Gasteiger partial charge on any atom is 0.161 e. The molecular weight excluding hydrogens is 258 g/mol. The van der Waals surface area contributed by atoms with E-state index < -0.39 is 0 Å². The van der Waals surface area contributed by atoms with Crippen LogP contribution in [-0.2, 0) is 6.42 Å². The lowest BCUT2D eigenvalue weighted by atomic mass is 10.1. The molecule has 0 radical (unpaired) electrons. The molecule has 1 N–H and O–H groups in total. The summed E-state index contributed by atoms with van der Waals surface area (Å²) >= 11 is 0. The summed E-state index contributed by atoms with van der Waals surface area (Å²) in [5.41, 5.74) is 5.87. The SMILES string of the molecule is CCCNc1nc(-c2cc(C)cc(C)c2)nc(C)c1CC. The first-order chi connectivity index (χ1) is 10.0. The highest BCUT2D eigenvalue weighted by Crippen LogP contribution is 2.24. The van der Waals surface area contributed by atoms with Crippen molar-refractivity contribution in [2.24, 2.45) is 0 Å². The Labute approximate surface area is 127 Å². The number of benzene rings is 1. The lowest BCUT2D eigenvalue weighted by molar-refractivity contribution is 0.938. The van der Waals surface area contributed by atoms with Crippen LogP contribution in [0.5, 0.6) is 0 Å². The van der Waals surface area contributed by atoms with Gasteiger partial charge in [-0.15, -0.1) is 0 Å². The summed E-state index contributed by atoms with van der Waals surface area (Å²) in [6.45, 7) is 11.6. The van der Waals surface area contributed by atoms with Gasteiger partial charge < -0.3 is 5.32 Å². The molecule has 0 saturated heterocycles. The van der Waals surface area contributed by atoms with E-state index in [1.54, 1.807) is 0 Å². The number of nitrogens with one attached hydrogen (secondary N) is 1. The minimum Gasteiger partial charge on any atom is -0.370 e. The van der Waals surface area contributed by atoms with Crippen LogP contribution in [0.25, 0.3) is 11.4 Å². The van der Waals surface area contributed by atoms with Gasteiger partial charge in [0.05, 0.1) is 0 Å². The van der Waals surface area contributed by atoms with Crippen molar-refractivity contribution >= 4 is 5.82 Å². The molecule has 0 unspecified atom stereocenters. The molecule has 1 aromatic carbocycles. The standard InChI is InChI=1S/C18H25N3/c1-6-8-19-18-16(7-2)14(5)20-17(21-18)15-10-12(3)9-13(4)11-15/h9-11H,6-8H2,1-5H3,(H,19,20,21). The van der Waals surface area contributed by atoms with Gasteiger partial charge in [0, 0.05) is 23.4 Å². The first-order valence-corrected chi connectivity index (χ1v) is 7.75. The van der Waals surface area contributed by atoms with Crippen LogP contribution in [0.15, 0.2) is 18.2 Å². The van der Waals surface area contributed by atoms with Crippen molar-refractivity contribution in [3.05, 3.63) is 40.6 Å². The zero-order valence-corrected chi connectivity index (χ0v) is 13.7. The summed E-state index contributed by atoms with van der Waals surface area (Å²) in [5, 5.41) is 3.44. The maximum atomic E-state index is 4.77. The van der Waals surface area contributed by atoms with E-state index in [-0.39, 0.29) is 0 Å². The van der Waals surface area contributed by atoms with Crippen molar-refractivity contribution in [2.75, 3.05) is 11.9 Å². The molecule has 0 amide bonds. The molecule has 0 aliphatic carbocycles. The zero-order chi connectivity index (χ0) is 15.4. The van der Waals surface area contributed by atoms with E-state index in [0.717, 1.165) is 42.3 Å². The van der Waals surface area contributed by atoms with E-state index in [4.69, 9.17) is 9.97 Å². The molecule has 2 aromatic rings. The van der Waals surface area contributed by atoms with Gasteiger partial charge >= 0.3 is 0 Å². The molecule has 0 atom stereocenters. The van der Waals surface area contributed by atoms with Gasteiger partial charge in [0.25, 0.3) is 0 Å². The Morgan fingerprint density at radius 3 is 2.19 bits per heavy atom. The van der Waals surface area contributed by atoms with Crippen LogP contribution < -0.4 is 5.32 Å². The van der Waals surface area contributed by atoms with Crippen molar-refractivity contribution in [2.45, 2.75) is 47.5 Å². The zero-order valence-electron chi connectivity index (χ0n) is 13.7. The summed E-state index contributed by atoms with van der Waals surface area (Å²) in [6, 6.07) is 6.47.